The Balaban J connectivity index is 2.31. The molecule has 122 valence electrons. The number of rotatable bonds is 6. The van der Waals surface area contributed by atoms with Crippen molar-refractivity contribution in [3.05, 3.63) is 47.5 Å². The monoisotopic (exact) mass is 315 g/mol. The molecule has 0 saturated heterocycles. The van der Waals surface area contributed by atoms with Crippen LogP contribution in [-0.4, -0.2) is 24.2 Å². The molecule has 2 aromatic rings. The van der Waals surface area contributed by atoms with E-state index in [1.165, 1.54) is 6.07 Å². The van der Waals surface area contributed by atoms with Gasteiger partial charge in [-0.2, -0.15) is 0 Å². The van der Waals surface area contributed by atoms with E-state index in [1.807, 2.05) is 20.8 Å². The summed E-state index contributed by atoms with van der Waals surface area (Å²) in [6.45, 7) is 6.62. The van der Waals surface area contributed by atoms with Crippen molar-refractivity contribution in [2.24, 2.45) is 0 Å². The van der Waals surface area contributed by atoms with Crippen LogP contribution < -0.4 is 14.8 Å². The molecule has 0 spiro atoms. The van der Waals surface area contributed by atoms with E-state index in [4.69, 9.17) is 9.47 Å². The van der Waals surface area contributed by atoms with Gasteiger partial charge in [-0.15, -0.1) is 0 Å². The second-order valence-corrected chi connectivity index (χ2v) is 5.00. The van der Waals surface area contributed by atoms with Gasteiger partial charge in [0, 0.05) is 6.07 Å². The highest BCUT2D eigenvalue weighted by Gasteiger charge is 2.15. The minimum Gasteiger partial charge on any atom is -0.507 e. The van der Waals surface area contributed by atoms with E-state index in [0.29, 0.717) is 30.4 Å². The number of ether oxygens (including phenoxy) is 2. The van der Waals surface area contributed by atoms with Gasteiger partial charge in [0.15, 0.2) is 0 Å². The molecule has 0 fully saturated rings. The van der Waals surface area contributed by atoms with E-state index >= 15 is 0 Å². The van der Waals surface area contributed by atoms with Crippen LogP contribution in [0.25, 0.3) is 0 Å². The van der Waals surface area contributed by atoms with Gasteiger partial charge in [-0.05, 0) is 45.0 Å². The zero-order chi connectivity index (χ0) is 16.8. The highest BCUT2D eigenvalue weighted by Crippen LogP contribution is 2.30. The zero-order valence-corrected chi connectivity index (χ0v) is 13.6. The van der Waals surface area contributed by atoms with E-state index in [9.17, 15) is 9.90 Å². The number of anilines is 1. The lowest BCUT2D eigenvalue weighted by Gasteiger charge is -2.14. The normalized spacial score (nSPS) is 10.2. The summed E-state index contributed by atoms with van der Waals surface area (Å²) in [7, 11) is 0. The Labute approximate surface area is 135 Å². The van der Waals surface area contributed by atoms with Crippen molar-refractivity contribution in [3.63, 3.8) is 0 Å². The lowest BCUT2D eigenvalue weighted by atomic mass is 10.1. The zero-order valence-electron chi connectivity index (χ0n) is 13.6. The molecular weight excluding hydrogens is 294 g/mol. The summed E-state index contributed by atoms with van der Waals surface area (Å²) in [5.41, 5.74) is 1.61. The maximum absolute atomic E-state index is 12.4. The van der Waals surface area contributed by atoms with E-state index in [2.05, 4.69) is 5.32 Å². The fourth-order valence-corrected chi connectivity index (χ4v) is 2.17. The van der Waals surface area contributed by atoms with Crippen LogP contribution in [0.5, 0.6) is 17.2 Å². The van der Waals surface area contributed by atoms with Gasteiger partial charge in [-0.25, -0.2) is 0 Å². The third kappa shape index (κ3) is 4.16. The Morgan fingerprint density at radius 2 is 1.83 bits per heavy atom. The van der Waals surface area contributed by atoms with Gasteiger partial charge in [0.2, 0.25) is 0 Å². The molecule has 0 heterocycles. The maximum Gasteiger partial charge on any atom is 0.259 e. The number of carbonyl (C=O) groups is 1. The fraction of sp³-hybridized carbons (Fsp3) is 0.278. The fourth-order valence-electron chi connectivity index (χ4n) is 2.17. The number of phenolic OH excluding ortho intramolecular Hbond substituents is 1. The van der Waals surface area contributed by atoms with Gasteiger partial charge >= 0.3 is 0 Å². The van der Waals surface area contributed by atoms with Crippen LogP contribution in [0.1, 0.15) is 29.8 Å². The quantitative estimate of drug-likeness (QED) is 0.852. The lowest BCUT2D eigenvalue weighted by molar-refractivity contribution is 0.102. The summed E-state index contributed by atoms with van der Waals surface area (Å²) in [4.78, 5) is 12.4. The minimum absolute atomic E-state index is 0.0629. The molecule has 0 unspecified atom stereocenters. The Kier molecular flexibility index (Phi) is 5.46. The molecule has 1 amide bonds. The van der Waals surface area contributed by atoms with Crippen molar-refractivity contribution in [2.45, 2.75) is 20.8 Å². The number of aromatic hydroxyl groups is 1. The summed E-state index contributed by atoms with van der Waals surface area (Å²) in [6, 6.07) is 10.1. The van der Waals surface area contributed by atoms with Gasteiger partial charge in [0.25, 0.3) is 5.91 Å². The van der Waals surface area contributed by atoms with Gasteiger partial charge in [0.1, 0.15) is 17.2 Å². The first kappa shape index (κ1) is 16.7. The number of nitrogens with one attached hydrogen (secondary N) is 1. The summed E-state index contributed by atoms with van der Waals surface area (Å²) in [5, 5.41) is 12.7. The minimum atomic E-state index is -0.402. The van der Waals surface area contributed by atoms with Crippen molar-refractivity contribution in [1.82, 2.24) is 0 Å². The topological polar surface area (TPSA) is 67.8 Å². The molecule has 2 rings (SSSR count). The average Bonchev–Trinajstić information content (AvgIpc) is 2.52. The summed E-state index contributed by atoms with van der Waals surface area (Å²) >= 11 is 0. The van der Waals surface area contributed by atoms with Crippen molar-refractivity contribution >= 4 is 11.6 Å². The Hall–Kier alpha value is -2.69. The molecule has 5 heteroatoms. The van der Waals surface area contributed by atoms with Gasteiger partial charge in [-0.3, -0.25) is 4.79 Å². The highest BCUT2D eigenvalue weighted by atomic mass is 16.5. The largest absolute Gasteiger partial charge is 0.507 e. The second kappa shape index (κ2) is 7.54. The molecule has 0 aliphatic carbocycles. The summed E-state index contributed by atoms with van der Waals surface area (Å²) in [6.07, 6.45) is 0. The lowest BCUT2D eigenvalue weighted by Crippen LogP contribution is -2.13. The van der Waals surface area contributed by atoms with E-state index in [0.717, 1.165) is 5.56 Å². The first-order chi connectivity index (χ1) is 11.0. The number of benzene rings is 2. The van der Waals surface area contributed by atoms with Crippen LogP contribution in [0.15, 0.2) is 36.4 Å². The van der Waals surface area contributed by atoms with Gasteiger partial charge in [-0.1, -0.05) is 11.6 Å². The standard InChI is InChI=1S/C18H21NO4/c1-4-22-13-7-9-17(23-5-2)15(11-13)19-18(21)14-10-12(3)6-8-16(14)20/h6-11,20H,4-5H2,1-3H3,(H,19,21). The van der Waals surface area contributed by atoms with Gasteiger partial charge in [0.05, 0.1) is 24.5 Å². The molecule has 0 aliphatic heterocycles. The molecule has 0 atom stereocenters. The summed E-state index contributed by atoms with van der Waals surface area (Å²) in [5.74, 6) is 0.726. The van der Waals surface area contributed by atoms with Crippen LogP contribution in [0.2, 0.25) is 0 Å². The smallest absolute Gasteiger partial charge is 0.259 e. The van der Waals surface area contributed by atoms with Crippen LogP contribution >= 0.6 is 0 Å². The van der Waals surface area contributed by atoms with Crippen LogP contribution in [0, 0.1) is 6.92 Å². The maximum atomic E-state index is 12.4. The summed E-state index contributed by atoms with van der Waals surface area (Å²) < 4.78 is 11.0. The van der Waals surface area contributed by atoms with E-state index in [1.54, 1.807) is 30.3 Å². The SMILES string of the molecule is CCOc1ccc(OCC)c(NC(=O)c2cc(C)ccc2O)c1. The number of carbonyl (C=O) groups excluding carboxylic acids is 1. The molecular formula is C18H21NO4. The molecule has 23 heavy (non-hydrogen) atoms. The molecule has 5 nitrogen and oxygen atoms in total. The van der Waals surface area contributed by atoms with E-state index in [-0.39, 0.29) is 11.3 Å². The van der Waals surface area contributed by atoms with Crippen molar-refractivity contribution in [1.29, 1.82) is 0 Å². The molecule has 2 N–H and O–H groups in total. The molecule has 0 aromatic heterocycles. The molecule has 0 radical (unpaired) electrons. The predicted octanol–water partition coefficient (Wildman–Crippen LogP) is 3.75. The molecule has 0 saturated carbocycles. The first-order valence-electron chi connectivity index (χ1n) is 7.55. The average molecular weight is 315 g/mol. The highest BCUT2D eigenvalue weighted by molar-refractivity contribution is 6.07. The number of hydrogen-bond donors (Lipinski definition) is 2. The molecule has 0 aliphatic rings. The number of amides is 1. The van der Waals surface area contributed by atoms with Crippen molar-refractivity contribution < 1.29 is 19.4 Å². The van der Waals surface area contributed by atoms with Crippen LogP contribution in [0.3, 0.4) is 0 Å². The van der Waals surface area contributed by atoms with Crippen molar-refractivity contribution in [2.75, 3.05) is 18.5 Å². The number of aryl methyl sites for hydroxylation is 1. The van der Waals surface area contributed by atoms with Crippen LogP contribution in [-0.2, 0) is 0 Å². The first-order valence-corrected chi connectivity index (χ1v) is 7.55. The van der Waals surface area contributed by atoms with Crippen LogP contribution in [0.4, 0.5) is 5.69 Å². The predicted molar refractivity (Wildman–Crippen MR) is 89.6 cm³/mol. The third-order valence-corrected chi connectivity index (χ3v) is 3.21. The van der Waals surface area contributed by atoms with Crippen molar-refractivity contribution in [3.8, 4) is 17.2 Å². The Bertz CT molecular complexity index is 697. The molecule has 2 aromatic carbocycles. The van der Waals surface area contributed by atoms with E-state index < -0.39 is 5.91 Å². The number of phenols is 1. The van der Waals surface area contributed by atoms with Gasteiger partial charge < -0.3 is 19.9 Å². The Morgan fingerprint density at radius 3 is 2.52 bits per heavy atom. The second-order valence-electron chi connectivity index (χ2n) is 5.00. The molecule has 0 bridgehead atoms. The Morgan fingerprint density at radius 1 is 1.09 bits per heavy atom. The third-order valence-electron chi connectivity index (χ3n) is 3.21. The number of hydrogen-bond acceptors (Lipinski definition) is 4.